The normalized spacial score (nSPS) is 15.2. The van der Waals surface area contributed by atoms with Gasteiger partial charge in [-0.15, -0.1) is 11.8 Å². The van der Waals surface area contributed by atoms with Crippen LogP contribution in [0.1, 0.15) is 48.6 Å². The molecular weight excluding hydrogens is 559 g/mol. The van der Waals surface area contributed by atoms with Gasteiger partial charge in [0, 0.05) is 16.5 Å². The predicted molar refractivity (Wildman–Crippen MR) is 159 cm³/mol. The Morgan fingerprint density at radius 1 is 1.14 bits per heavy atom. The molecule has 2 amide bonds. The first-order chi connectivity index (χ1) is 20.1. The molecule has 0 fully saturated rings. The zero-order valence-electron chi connectivity index (χ0n) is 24.1. The maximum Gasteiger partial charge on any atom is 0.240 e. The maximum atomic E-state index is 14.0. The van der Waals surface area contributed by atoms with Crippen LogP contribution in [-0.4, -0.2) is 48.1 Å². The van der Waals surface area contributed by atoms with Crippen LogP contribution < -0.4 is 19.7 Å². The molecule has 0 saturated carbocycles. The molecule has 2 aromatic heterocycles. The number of anilines is 1. The van der Waals surface area contributed by atoms with Gasteiger partial charge in [-0.05, 0) is 54.6 Å². The SMILES string of the molecule is COc1ccc(OC)c([C@@H]2SCC(=O)N(CC(=O)NCc3ccco3)c3c2c(C(C)(C)C)nn3-c2ccc(F)cc2)c1. The molecule has 0 radical (unpaired) electrons. The lowest BCUT2D eigenvalue weighted by molar-refractivity contribution is -0.123. The Morgan fingerprint density at radius 3 is 2.55 bits per heavy atom. The number of hydrogen-bond acceptors (Lipinski definition) is 7. The Morgan fingerprint density at radius 2 is 1.90 bits per heavy atom. The number of hydrogen-bond donors (Lipinski definition) is 1. The molecule has 1 aliphatic heterocycles. The molecule has 0 spiro atoms. The summed E-state index contributed by atoms with van der Waals surface area (Å²) in [4.78, 5) is 28.6. The van der Waals surface area contributed by atoms with Crippen molar-refractivity contribution < 1.29 is 27.9 Å². The smallest absolute Gasteiger partial charge is 0.240 e. The van der Waals surface area contributed by atoms with E-state index >= 15 is 0 Å². The highest BCUT2D eigenvalue weighted by Gasteiger charge is 2.41. The number of amides is 2. The Hall–Kier alpha value is -4.25. The third kappa shape index (κ3) is 5.87. The number of furan rings is 1. The summed E-state index contributed by atoms with van der Waals surface area (Å²) in [6, 6.07) is 15.0. The van der Waals surface area contributed by atoms with E-state index in [-0.39, 0.29) is 30.7 Å². The number of ether oxygens (including phenoxy) is 2. The summed E-state index contributed by atoms with van der Waals surface area (Å²) in [5, 5.41) is 7.47. The predicted octanol–water partition coefficient (Wildman–Crippen LogP) is 5.40. The number of thioether (sulfide) groups is 1. The van der Waals surface area contributed by atoms with E-state index in [1.807, 2.05) is 39.0 Å². The van der Waals surface area contributed by atoms with Gasteiger partial charge in [0.05, 0.1) is 49.4 Å². The van der Waals surface area contributed by atoms with Gasteiger partial charge >= 0.3 is 0 Å². The third-order valence-corrected chi connectivity index (χ3v) is 8.17. The number of fused-ring (bicyclic) bond motifs is 1. The van der Waals surface area contributed by atoms with Crippen LogP contribution in [0.4, 0.5) is 10.2 Å². The lowest BCUT2D eigenvalue weighted by Crippen LogP contribution is -2.42. The number of carbonyl (C=O) groups is 2. The molecule has 5 rings (SSSR count). The second-order valence-corrected chi connectivity index (χ2v) is 12.0. The molecule has 0 unspecified atom stereocenters. The molecular formula is C31H33FN4O5S. The van der Waals surface area contributed by atoms with Gasteiger partial charge in [0.2, 0.25) is 11.8 Å². The molecule has 0 aliphatic carbocycles. The van der Waals surface area contributed by atoms with E-state index in [1.165, 1.54) is 35.1 Å². The minimum atomic E-state index is -0.457. The first-order valence-electron chi connectivity index (χ1n) is 13.4. The molecule has 42 heavy (non-hydrogen) atoms. The molecule has 3 heterocycles. The lowest BCUT2D eigenvalue weighted by atomic mass is 9.87. The van der Waals surface area contributed by atoms with E-state index in [0.29, 0.717) is 28.8 Å². The third-order valence-electron chi connectivity index (χ3n) is 6.93. The molecule has 4 aromatic rings. The van der Waals surface area contributed by atoms with Crippen LogP contribution >= 0.6 is 11.8 Å². The number of nitrogens with one attached hydrogen (secondary N) is 1. The van der Waals surface area contributed by atoms with Crippen molar-refractivity contribution in [3.63, 3.8) is 0 Å². The van der Waals surface area contributed by atoms with Crippen molar-refractivity contribution in [3.8, 4) is 17.2 Å². The minimum absolute atomic E-state index is 0.0954. The number of rotatable bonds is 8. The zero-order chi connectivity index (χ0) is 30.0. The number of nitrogens with zero attached hydrogens (tertiary/aromatic N) is 3. The first-order valence-corrected chi connectivity index (χ1v) is 14.5. The van der Waals surface area contributed by atoms with E-state index in [1.54, 1.807) is 43.2 Å². The fraction of sp³-hybridized carbons (Fsp3) is 0.323. The molecule has 220 valence electrons. The number of halogens is 1. The van der Waals surface area contributed by atoms with E-state index in [0.717, 1.165) is 16.8 Å². The molecule has 1 atom stereocenters. The van der Waals surface area contributed by atoms with Gasteiger partial charge in [-0.3, -0.25) is 14.5 Å². The number of carbonyl (C=O) groups excluding carboxylic acids is 2. The van der Waals surface area contributed by atoms with Crippen LogP contribution in [0.2, 0.25) is 0 Å². The van der Waals surface area contributed by atoms with Crippen molar-refractivity contribution in [1.82, 2.24) is 15.1 Å². The molecule has 0 saturated heterocycles. The highest BCUT2D eigenvalue weighted by atomic mass is 32.2. The standard InChI is InChI=1S/C31H33FN4O5S/c1-31(2,3)29-27-28(23-15-21(39-4)12-13-24(23)40-5)42-18-26(38)35(17-25(37)33-16-22-7-6-14-41-22)30(27)36(34-29)20-10-8-19(32)9-11-20/h6-15,28H,16-18H2,1-5H3,(H,33,37)/t28-/m0/s1. The number of methoxy groups -OCH3 is 2. The van der Waals surface area contributed by atoms with Crippen molar-refractivity contribution >= 4 is 29.4 Å². The number of aromatic nitrogens is 2. The summed E-state index contributed by atoms with van der Waals surface area (Å²) >= 11 is 1.43. The second kappa shape index (κ2) is 11.9. The largest absolute Gasteiger partial charge is 0.497 e. The van der Waals surface area contributed by atoms with Crippen molar-refractivity contribution in [2.45, 2.75) is 38.0 Å². The summed E-state index contributed by atoms with van der Waals surface area (Å²) in [7, 11) is 3.19. The van der Waals surface area contributed by atoms with Crippen molar-refractivity contribution in [2.75, 3.05) is 31.4 Å². The Bertz CT molecular complexity index is 1580. The lowest BCUT2D eigenvalue weighted by Gasteiger charge is -2.25. The summed E-state index contributed by atoms with van der Waals surface area (Å²) in [6.45, 7) is 6.07. The van der Waals surface area contributed by atoms with Gasteiger partial charge in [0.25, 0.3) is 0 Å². The van der Waals surface area contributed by atoms with Crippen molar-refractivity contribution in [1.29, 1.82) is 0 Å². The van der Waals surface area contributed by atoms with Gasteiger partial charge in [-0.1, -0.05) is 20.8 Å². The highest BCUT2D eigenvalue weighted by Crippen LogP contribution is 2.50. The van der Waals surface area contributed by atoms with Crippen molar-refractivity contribution in [3.05, 3.63) is 89.3 Å². The van der Waals surface area contributed by atoms with Gasteiger partial charge in [-0.25, -0.2) is 9.07 Å². The Kier molecular flexibility index (Phi) is 8.31. The molecule has 9 nitrogen and oxygen atoms in total. The fourth-order valence-corrected chi connectivity index (χ4v) is 6.14. The van der Waals surface area contributed by atoms with Crippen LogP contribution in [0.25, 0.3) is 5.69 Å². The Labute approximate surface area is 248 Å². The molecule has 1 N–H and O–H groups in total. The summed E-state index contributed by atoms with van der Waals surface area (Å²) in [6.07, 6.45) is 1.53. The van der Waals surface area contributed by atoms with Crippen molar-refractivity contribution in [2.24, 2.45) is 0 Å². The monoisotopic (exact) mass is 592 g/mol. The summed E-state index contributed by atoms with van der Waals surface area (Å²) in [5.41, 5.74) is 2.42. The van der Waals surface area contributed by atoms with Crippen LogP contribution in [0.5, 0.6) is 11.5 Å². The second-order valence-electron chi connectivity index (χ2n) is 10.9. The topological polar surface area (TPSA) is 98.8 Å². The minimum Gasteiger partial charge on any atom is -0.497 e. The Balaban J connectivity index is 1.71. The fourth-order valence-electron chi connectivity index (χ4n) is 4.92. The maximum absolute atomic E-state index is 14.0. The van der Waals surface area contributed by atoms with Gasteiger partial charge in [-0.2, -0.15) is 5.10 Å². The zero-order valence-corrected chi connectivity index (χ0v) is 25.0. The van der Waals surface area contributed by atoms with Gasteiger partial charge < -0.3 is 19.2 Å². The van der Waals surface area contributed by atoms with E-state index in [2.05, 4.69) is 5.32 Å². The van der Waals surface area contributed by atoms with Crippen LogP contribution in [0, 0.1) is 5.82 Å². The van der Waals surface area contributed by atoms with E-state index in [4.69, 9.17) is 19.0 Å². The van der Waals surface area contributed by atoms with Crippen LogP contribution in [0.15, 0.2) is 65.3 Å². The quantitative estimate of drug-likeness (QED) is 0.292. The summed E-state index contributed by atoms with van der Waals surface area (Å²) in [5.74, 6) is 1.39. The first kappa shape index (κ1) is 29.2. The molecule has 0 bridgehead atoms. The average molecular weight is 593 g/mol. The van der Waals surface area contributed by atoms with E-state index < -0.39 is 16.5 Å². The summed E-state index contributed by atoms with van der Waals surface area (Å²) < 4.78 is 32.2. The van der Waals surface area contributed by atoms with Gasteiger partial charge in [0.1, 0.15) is 35.4 Å². The molecule has 1 aliphatic rings. The average Bonchev–Trinajstić information content (AvgIpc) is 3.61. The molecule has 2 aromatic carbocycles. The highest BCUT2D eigenvalue weighted by molar-refractivity contribution is 8.00. The number of benzene rings is 2. The van der Waals surface area contributed by atoms with E-state index in [9.17, 15) is 14.0 Å². The van der Waals surface area contributed by atoms with Crippen LogP contribution in [-0.2, 0) is 21.5 Å². The van der Waals surface area contributed by atoms with Gasteiger partial charge in [0.15, 0.2) is 0 Å². The van der Waals surface area contributed by atoms with Crippen LogP contribution in [0.3, 0.4) is 0 Å². The molecule has 11 heteroatoms.